The van der Waals surface area contributed by atoms with Crippen molar-refractivity contribution in [2.45, 2.75) is 56.1 Å². The molecule has 0 bridgehead atoms. The second-order valence-corrected chi connectivity index (χ2v) is 8.34. The summed E-state index contributed by atoms with van der Waals surface area (Å²) in [5.41, 5.74) is 0. The van der Waals surface area contributed by atoms with Crippen LogP contribution in [0.2, 0.25) is 0 Å². The molecule has 120 valence electrons. The first-order valence-corrected chi connectivity index (χ1v) is 10.3. The zero-order chi connectivity index (χ0) is 15.1. The molecule has 5 heteroatoms. The standard InChI is InChI=1S/C16H29N3S2/c1-4-8-17-13(6-7-15-18-9-10-19(15)3)16-14(5-2)20-11-12-21-16/h9-10,13-14,16-17H,4-8,11-12H2,1-3H3. The van der Waals surface area contributed by atoms with Crippen LogP contribution in [0.1, 0.15) is 38.9 Å². The smallest absolute Gasteiger partial charge is 0.108 e. The molecule has 1 N–H and O–H groups in total. The summed E-state index contributed by atoms with van der Waals surface area (Å²) in [6, 6.07) is 0.615. The maximum Gasteiger partial charge on any atom is 0.108 e. The Kier molecular flexibility index (Phi) is 7.47. The summed E-state index contributed by atoms with van der Waals surface area (Å²) in [6.07, 6.45) is 8.71. The molecule has 1 aliphatic rings. The molecule has 1 aliphatic heterocycles. The van der Waals surface area contributed by atoms with Crippen LogP contribution in [0.3, 0.4) is 0 Å². The maximum absolute atomic E-state index is 4.48. The number of thioether (sulfide) groups is 2. The Hall–Kier alpha value is -0.130. The van der Waals surface area contributed by atoms with E-state index in [4.69, 9.17) is 0 Å². The molecule has 0 aliphatic carbocycles. The minimum absolute atomic E-state index is 0.615. The highest BCUT2D eigenvalue weighted by molar-refractivity contribution is 8.07. The van der Waals surface area contributed by atoms with Gasteiger partial charge in [-0.15, -0.1) is 0 Å². The van der Waals surface area contributed by atoms with Crippen LogP contribution in [0, 0.1) is 0 Å². The van der Waals surface area contributed by atoms with Gasteiger partial charge in [0.1, 0.15) is 5.82 Å². The predicted octanol–water partition coefficient (Wildman–Crippen LogP) is 3.35. The van der Waals surface area contributed by atoms with Gasteiger partial charge in [-0.2, -0.15) is 23.5 Å². The van der Waals surface area contributed by atoms with E-state index in [9.17, 15) is 0 Å². The van der Waals surface area contributed by atoms with Crippen molar-refractivity contribution in [2.24, 2.45) is 7.05 Å². The average Bonchev–Trinajstić information content (AvgIpc) is 2.93. The van der Waals surface area contributed by atoms with E-state index in [0.29, 0.717) is 6.04 Å². The van der Waals surface area contributed by atoms with Crippen molar-refractivity contribution in [3.63, 3.8) is 0 Å². The molecule has 2 heterocycles. The van der Waals surface area contributed by atoms with Crippen molar-refractivity contribution >= 4 is 23.5 Å². The maximum atomic E-state index is 4.48. The fourth-order valence-electron chi connectivity index (χ4n) is 2.95. The molecule has 0 amide bonds. The first-order chi connectivity index (χ1) is 10.3. The van der Waals surface area contributed by atoms with Gasteiger partial charge in [0.25, 0.3) is 0 Å². The molecule has 0 spiro atoms. The Bertz CT molecular complexity index is 408. The number of rotatable bonds is 8. The lowest BCUT2D eigenvalue weighted by molar-refractivity contribution is 0.448. The average molecular weight is 328 g/mol. The number of aromatic nitrogens is 2. The molecule has 0 aromatic carbocycles. The van der Waals surface area contributed by atoms with Crippen LogP contribution in [0.4, 0.5) is 0 Å². The van der Waals surface area contributed by atoms with Gasteiger partial charge < -0.3 is 9.88 Å². The third kappa shape index (κ3) is 4.93. The second kappa shape index (κ2) is 9.11. The van der Waals surface area contributed by atoms with Gasteiger partial charge in [-0.25, -0.2) is 4.98 Å². The molecule has 1 fully saturated rings. The monoisotopic (exact) mass is 327 g/mol. The Balaban J connectivity index is 1.97. The first kappa shape index (κ1) is 17.2. The summed E-state index contributed by atoms with van der Waals surface area (Å²) >= 11 is 4.36. The molecule has 21 heavy (non-hydrogen) atoms. The third-order valence-electron chi connectivity index (χ3n) is 4.15. The van der Waals surface area contributed by atoms with Gasteiger partial charge in [0.15, 0.2) is 0 Å². The molecule has 3 atom stereocenters. The number of hydrogen-bond acceptors (Lipinski definition) is 4. The van der Waals surface area contributed by atoms with Gasteiger partial charge >= 0.3 is 0 Å². The molecule has 1 saturated heterocycles. The Morgan fingerprint density at radius 1 is 1.38 bits per heavy atom. The number of nitrogens with one attached hydrogen (secondary N) is 1. The predicted molar refractivity (Wildman–Crippen MR) is 96.4 cm³/mol. The fraction of sp³-hybridized carbons (Fsp3) is 0.812. The minimum atomic E-state index is 0.615. The van der Waals surface area contributed by atoms with Crippen LogP contribution < -0.4 is 5.32 Å². The Morgan fingerprint density at radius 2 is 2.19 bits per heavy atom. The van der Waals surface area contributed by atoms with Crippen LogP contribution in [0.5, 0.6) is 0 Å². The van der Waals surface area contributed by atoms with Gasteiger partial charge in [-0.1, -0.05) is 13.8 Å². The number of nitrogens with zero attached hydrogens (tertiary/aromatic N) is 2. The molecule has 0 radical (unpaired) electrons. The van der Waals surface area contributed by atoms with Crippen molar-refractivity contribution in [3.8, 4) is 0 Å². The van der Waals surface area contributed by atoms with Crippen LogP contribution in [-0.4, -0.2) is 44.1 Å². The largest absolute Gasteiger partial charge is 0.338 e. The molecular weight excluding hydrogens is 298 g/mol. The van der Waals surface area contributed by atoms with Crippen molar-refractivity contribution in [2.75, 3.05) is 18.1 Å². The van der Waals surface area contributed by atoms with Crippen molar-refractivity contribution in [3.05, 3.63) is 18.2 Å². The highest BCUT2D eigenvalue weighted by Crippen LogP contribution is 2.36. The van der Waals surface area contributed by atoms with Gasteiger partial charge in [-0.3, -0.25) is 0 Å². The van der Waals surface area contributed by atoms with E-state index in [0.717, 1.165) is 23.5 Å². The molecule has 0 saturated carbocycles. The quantitative estimate of drug-likeness (QED) is 0.793. The summed E-state index contributed by atoms with van der Waals surface area (Å²) in [6.45, 7) is 5.72. The Morgan fingerprint density at radius 3 is 2.86 bits per heavy atom. The van der Waals surface area contributed by atoms with Crippen molar-refractivity contribution in [1.29, 1.82) is 0 Å². The SMILES string of the molecule is CCCNC(CCc1nccn1C)C1SCCSC1CC. The summed E-state index contributed by atoms with van der Waals surface area (Å²) in [5.74, 6) is 3.83. The van der Waals surface area contributed by atoms with Gasteiger partial charge in [0.05, 0.1) is 0 Å². The molecule has 3 unspecified atom stereocenters. The zero-order valence-corrected chi connectivity index (χ0v) is 15.2. The van der Waals surface area contributed by atoms with Crippen LogP contribution in [0.15, 0.2) is 12.4 Å². The molecule has 1 aromatic heterocycles. The van der Waals surface area contributed by atoms with Crippen LogP contribution >= 0.6 is 23.5 Å². The first-order valence-electron chi connectivity index (χ1n) is 8.19. The molecule has 3 nitrogen and oxygen atoms in total. The summed E-state index contributed by atoms with van der Waals surface area (Å²) < 4.78 is 2.15. The third-order valence-corrected chi connectivity index (χ3v) is 7.55. The normalized spacial score (nSPS) is 24.1. The second-order valence-electron chi connectivity index (χ2n) is 5.71. The van der Waals surface area contributed by atoms with E-state index in [1.54, 1.807) is 0 Å². The van der Waals surface area contributed by atoms with E-state index in [1.807, 2.05) is 12.4 Å². The fourth-order valence-corrected chi connectivity index (χ4v) is 6.25. The summed E-state index contributed by atoms with van der Waals surface area (Å²) in [7, 11) is 2.09. The van der Waals surface area contributed by atoms with E-state index >= 15 is 0 Å². The topological polar surface area (TPSA) is 29.9 Å². The van der Waals surface area contributed by atoms with Crippen molar-refractivity contribution < 1.29 is 0 Å². The number of aryl methyl sites for hydroxylation is 2. The molecular formula is C16H29N3S2. The zero-order valence-electron chi connectivity index (χ0n) is 13.5. The van der Waals surface area contributed by atoms with Crippen LogP contribution in [0.25, 0.3) is 0 Å². The number of hydrogen-bond donors (Lipinski definition) is 1. The number of imidazole rings is 1. The van der Waals surface area contributed by atoms with E-state index < -0.39 is 0 Å². The Labute approximate surface area is 138 Å². The summed E-state index contributed by atoms with van der Waals surface area (Å²) in [5, 5.41) is 5.37. The minimum Gasteiger partial charge on any atom is -0.338 e. The molecule has 1 aromatic rings. The lowest BCUT2D eigenvalue weighted by Gasteiger charge is -2.36. The highest BCUT2D eigenvalue weighted by Gasteiger charge is 2.31. The lowest BCUT2D eigenvalue weighted by atomic mass is 10.0. The van der Waals surface area contributed by atoms with Gasteiger partial charge in [0, 0.05) is 53.9 Å². The lowest BCUT2D eigenvalue weighted by Crippen LogP contribution is -2.45. The van der Waals surface area contributed by atoms with Crippen molar-refractivity contribution in [1.82, 2.24) is 14.9 Å². The highest BCUT2D eigenvalue weighted by atomic mass is 32.2. The van der Waals surface area contributed by atoms with Gasteiger partial charge in [-0.05, 0) is 25.8 Å². The van der Waals surface area contributed by atoms with Gasteiger partial charge in [0.2, 0.25) is 0 Å². The van der Waals surface area contributed by atoms with E-state index in [2.05, 4.69) is 59.3 Å². The van der Waals surface area contributed by atoms with E-state index in [-0.39, 0.29) is 0 Å². The van der Waals surface area contributed by atoms with Crippen LogP contribution in [-0.2, 0) is 13.5 Å². The molecule has 2 rings (SSSR count). The van der Waals surface area contributed by atoms with E-state index in [1.165, 1.54) is 36.6 Å². The summed E-state index contributed by atoms with van der Waals surface area (Å²) in [4.78, 5) is 4.48.